The van der Waals surface area contributed by atoms with E-state index in [9.17, 15) is 8.78 Å². The first-order valence-corrected chi connectivity index (χ1v) is 12.2. The smallest absolute Gasteiger partial charge is 0.235 e. The van der Waals surface area contributed by atoms with Crippen LogP contribution >= 0.6 is 0 Å². The average molecular weight is 486 g/mol. The number of allylic oxidation sites excluding steroid dienone is 2. The van der Waals surface area contributed by atoms with Crippen LogP contribution in [-0.4, -0.2) is 29.7 Å². The van der Waals surface area contributed by atoms with Gasteiger partial charge >= 0.3 is 0 Å². The summed E-state index contributed by atoms with van der Waals surface area (Å²) in [6.45, 7) is 8.56. The molecule has 1 aliphatic rings. The van der Waals surface area contributed by atoms with Crippen molar-refractivity contribution in [2.45, 2.75) is 72.1 Å². The lowest BCUT2D eigenvalue weighted by Gasteiger charge is -2.20. The molecule has 7 heteroatoms. The highest BCUT2D eigenvalue weighted by molar-refractivity contribution is 6.09. The van der Waals surface area contributed by atoms with E-state index in [-0.39, 0.29) is 0 Å². The van der Waals surface area contributed by atoms with Crippen molar-refractivity contribution in [3.8, 4) is 0 Å². The Hall–Kier alpha value is -3.09. The summed E-state index contributed by atoms with van der Waals surface area (Å²) >= 11 is 0. The number of aliphatic imine (C=N–C) groups is 1. The summed E-state index contributed by atoms with van der Waals surface area (Å²) in [6.07, 6.45) is 9.94. The molecule has 0 unspecified atom stereocenters. The van der Waals surface area contributed by atoms with Gasteiger partial charge in [0.2, 0.25) is 6.43 Å². The van der Waals surface area contributed by atoms with Crippen LogP contribution in [-0.2, 0) is 6.42 Å². The van der Waals surface area contributed by atoms with Crippen molar-refractivity contribution in [2.24, 2.45) is 22.4 Å². The van der Waals surface area contributed by atoms with Crippen molar-refractivity contribution >= 4 is 17.5 Å². The lowest BCUT2D eigenvalue weighted by molar-refractivity contribution is 0.171. The van der Waals surface area contributed by atoms with Gasteiger partial charge in [-0.2, -0.15) is 0 Å². The highest BCUT2D eigenvalue weighted by Crippen LogP contribution is 2.26. The van der Waals surface area contributed by atoms with Crippen LogP contribution in [0.5, 0.6) is 0 Å². The zero-order valence-corrected chi connectivity index (χ0v) is 21.6. The molecule has 1 aliphatic carbocycles. The van der Waals surface area contributed by atoms with Gasteiger partial charge in [0.25, 0.3) is 0 Å². The lowest BCUT2D eigenvalue weighted by atomic mass is 9.87. The molecule has 0 atom stereocenters. The van der Waals surface area contributed by atoms with E-state index in [4.69, 9.17) is 16.5 Å². The maximum Gasteiger partial charge on any atom is 0.235 e. The van der Waals surface area contributed by atoms with Crippen LogP contribution in [0.1, 0.15) is 75.0 Å². The predicted octanol–water partition coefficient (Wildman–Crippen LogP) is 6.58. The van der Waals surface area contributed by atoms with E-state index in [2.05, 4.69) is 16.6 Å². The highest BCUT2D eigenvalue weighted by atomic mass is 19.3. The molecule has 1 heterocycles. The van der Waals surface area contributed by atoms with Gasteiger partial charge in [-0.25, -0.2) is 18.7 Å². The predicted molar refractivity (Wildman–Crippen MR) is 144 cm³/mol. The number of rotatable bonds is 6. The van der Waals surface area contributed by atoms with Gasteiger partial charge in [-0.05, 0) is 43.9 Å². The summed E-state index contributed by atoms with van der Waals surface area (Å²) < 4.78 is 20.7. The first-order chi connectivity index (χ1) is 16.7. The van der Waals surface area contributed by atoms with Gasteiger partial charge in [-0.3, -0.25) is 4.99 Å². The molecule has 0 aliphatic heterocycles. The van der Waals surface area contributed by atoms with Crippen LogP contribution in [0, 0.1) is 12.8 Å². The Morgan fingerprint density at radius 3 is 2.37 bits per heavy atom. The summed E-state index contributed by atoms with van der Waals surface area (Å²) in [5, 5.41) is 0. The monoisotopic (exact) mass is 485 g/mol. The summed E-state index contributed by atoms with van der Waals surface area (Å²) in [7, 11) is 1.76. The molecule has 1 saturated carbocycles. The minimum atomic E-state index is -2.17. The molecule has 0 saturated heterocycles. The number of halogens is 2. The number of benzene rings is 1. The minimum absolute atomic E-state index is 0.628. The van der Waals surface area contributed by atoms with E-state index in [1.807, 2.05) is 50.4 Å². The first kappa shape index (κ1) is 29.9. The van der Waals surface area contributed by atoms with Crippen molar-refractivity contribution in [3.63, 3.8) is 0 Å². The first-order valence-electron chi connectivity index (χ1n) is 12.2. The number of hydrogen-bond acceptors (Lipinski definition) is 5. The maximum absolute atomic E-state index is 10.3. The van der Waals surface area contributed by atoms with Gasteiger partial charge < -0.3 is 11.5 Å². The topological polar surface area (TPSA) is 90.2 Å². The summed E-state index contributed by atoms with van der Waals surface area (Å²) in [6, 6.07) is 9.90. The number of nitrogens with two attached hydrogens (primary N) is 2. The number of hydrogen-bond donors (Lipinski definition) is 2. The summed E-state index contributed by atoms with van der Waals surface area (Å²) in [5.74, 6) is 1.68. The number of aryl methyl sites for hydroxylation is 1. The quantitative estimate of drug-likeness (QED) is 0.453. The Bertz CT molecular complexity index is 961. The molecular weight excluding hydrogens is 444 g/mol. The molecule has 192 valence electrons. The van der Waals surface area contributed by atoms with Crippen molar-refractivity contribution in [3.05, 3.63) is 71.4 Å². The fourth-order valence-electron chi connectivity index (χ4n) is 3.77. The van der Waals surface area contributed by atoms with E-state index in [1.165, 1.54) is 37.7 Å². The molecule has 1 aromatic carbocycles. The normalized spacial score (nSPS) is 14.5. The van der Waals surface area contributed by atoms with Crippen LogP contribution in [0.4, 0.5) is 8.78 Å². The molecule has 0 spiro atoms. The number of aromatic nitrogens is 2. The van der Waals surface area contributed by atoms with Gasteiger partial charge in [-0.15, -0.1) is 0 Å². The molecule has 35 heavy (non-hydrogen) atoms. The fraction of sp³-hybridized carbons (Fsp3) is 0.464. The molecule has 0 bridgehead atoms. The SMILES string of the molecule is C=C(N)c1cccc(C)c1.CC(F)F.CC/C(N)=C(\C=NC)c1ccnc(CC2CCCCC2)n1. The third-order valence-electron chi connectivity index (χ3n) is 5.55. The zero-order chi connectivity index (χ0) is 26.2. The summed E-state index contributed by atoms with van der Waals surface area (Å²) in [4.78, 5) is 13.3. The molecule has 0 amide bonds. The van der Waals surface area contributed by atoms with Gasteiger partial charge in [-0.1, -0.05) is 69.4 Å². The van der Waals surface area contributed by atoms with Crippen molar-refractivity contribution < 1.29 is 8.78 Å². The maximum atomic E-state index is 10.3. The standard InChI is InChI=1S/C17H26N4.C9H11N.C2H4F2/c1-3-15(18)14(12-19-2)16-9-10-20-17(21-16)11-13-7-5-4-6-8-13;1-7-4-3-5-9(6-7)8(2)10;1-2(3)4/h9-10,12-13H,3-8,11,18H2,1-2H3;3-6H,2,10H2,1H3;2H,1H3/b15-14-,19-12?;;. The van der Waals surface area contributed by atoms with Crippen molar-refractivity contribution in [1.82, 2.24) is 9.97 Å². The Balaban J connectivity index is 0.000000362. The van der Waals surface area contributed by atoms with Crippen molar-refractivity contribution in [1.29, 1.82) is 0 Å². The van der Waals surface area contributed by atoms with Gasteiger partial charge in [0.1, 0.15) is 5.82 Å². The molecule has 1 fully saturated rings. The minimum Gasteiger partial charge on any atom is -0.401 e. The molecule has 3 rings (SSSR count). The Morgan fingerprint density at radius 1 is 1.20 bits per heavy atom. The van der Waals surface area contributed by atoms with Crippen LogP contribution in [0.2, 0.25) is 0 Å². The Labute approximate surface area is 209 Å². The highest BCUT2D eigenvalue weighted by Gasteiger charge is 2.16. The van der Waals surface area contributed by atoms with Crippen LogP contribution in [0.3, 0.4) is 0 Å². The molecule has 4 N–H and O–H groups in total. The van der Waals surface area contributed by atoms with Gasteiger partial charge in [0.05, 0.1) is 5.69 Å². The second kappa shape index (κ2) is 16.5. The third kappa shape index (κ3) is 12.3. The van der Waals surface area contributed by atoms with Gasteiger partial charge in [0.15, 0.2) is 0 Å². The van der Waals surface area contributed by atoms with E-state index in [1.54, 1.807) is 13.3 Å². The van der Waals surface area contributed by atoms with Crippen molar-refractivity contribution in [2.75, 3.05) is 7.05 Å². The summed E-state index contributed by atoms with van der Waals surface area (Å²) in [5.41, 5.74) is 17.1. The third-order valence-corrected chi connectivity index (χ3v) is 5.55. The molecule has 1 aromatic heterocycles. The lowest BCUT2D eigenvalue weighted by Crippen LogP contribution is -2.12. The Kier molecular flexibility index (Phi) is 14.1. The zero-order valence-electron chi connectivity index (χ0n) is 21.6. The van der Waals surface area contributed by atoms with Crippen LogP contribution < -0.4 is 11.5 Å². The molecule has 5 nitrogen and oxygen atoms in total. The van der Waals surface area contributed by atoms with E-state index in [0.717, 1.165) is 54.0 Å². The van der Waals surface area contributed by atoms with E-state index >= 15 is 0 Å². The molecule has 2 aromatic rings. The van der Waals surface area contributed by atoms with E-state index < -0.39 is 6.43 Å². The average Bonchev–Trinajstić information content (AvgIpc) is 2.83. The largest absolute Gasteiger partial charge is 0.401 e. The second-order valence-corrected chi connectivity index (χ2v) is 8.66. The van der Waals surface area contributed by atoms with Crippen LogP contribution in [0.25, 0.3) is 11.3 Å². The van der Waals surface area contributed by atoms with Crippen LogP contribution in [0.15, 0.2) is 53.8 Å². The fourth-order valence-corrected chi connectivity index (χ4v) is 3.77. The Morgan fingerprint density at radius 2 is 1.86 bits per heavy atom. The van der Waals surface area contributed by atoms with Gasteiger partial charge in [0, 0.05) is 42.8 Å². The van der Waals surface area contributed by atoms with E-state index in [0.29, 0.717) is 5.70 Å². The molecular formula is C28H41F2N5. The second-order valence-electron chi connectivity index (χ2n) is 8.66. The number of nitrogens with zero attached hydrogens (tertiary/aromatic N) is 3. The number of alkyl halides is 2. The molecule has 0 radical (unpaired) electrons.